The van der Waals surface area contributed by atoms with Gasteiger partial charge in [-0.1, -0.05) is 6.07 Å². The van der Waals surface area contributed by atoms with Crippen molar-refractivity contribution in [3.63, 3.8) is 0 Å². The van der Waals surface area contributed by atoms with Gasteiger partial charge in [-0.2, -0.15) is 0 Å². The molecule has 2 rings (SSSR count). The lowest BCUT2D eigenvalue weighted by molar-refractivity contribution is 0.0995. The number of nitrogens with two attached hydrogens (primary N) is 1. The van der Waals surface area contributed by atoms with E-state index in [4.69, 9.17) is 5.73 Å². The summed E-state index contributed by atoms with van der Waals surface area (Å²) in [6, 6.07) is 6.65. The van der Waals surface area contributed by atoms with Gasteiger partial charge in [0.15, 0.2) is 0 Å². The Balaban J connectivity index is 2.22. The second-order valence-electron chi connectivity index (χ2n) is 2.99. The highest BCUT2D eigenvalue weighted by atomic mass is 16.1. The van der Waals surface area contributed by atoms with E-state index in [1.54, 1.807) is 30.5 Å². The zero-order valence-corrected chi connectivity index (χ0v) is 8.29. The summed E-state index contributed by atoms with van der Waals surface area (Å²) in [7, 11) is 0. The molecule has 6 nitrogen and oxygen atoms in total. The highest BCUT2D eigenvalue weighted by Gasteiger charge is 2.03. The van der Waals surface area contributed by atoms with Crippen LogP contribution in [0.4, 0.5) is 11.6 Å². The summed E-state index contributed by atoms with van der Waals surface area (Å²) >= 11 is 0. The minimum Gasteiger partial charge on any atom is -0.364 e. The molecule has 16 heavy (non-hydrogen) atoms. The fourth-order valence-corrected chi connectivity index (χ4v) is 1.14. The summed E-state index contributed by atoms with van der Waals surface area (Å²) in [6.07, 6.45) is 3.02. The maximum Gasteiger partial charge on any atom is 0.267 e. The lowest BCUT2D eigenvalue weighted by Crippen LogP contribution is -2.13. The van der Waals surface area contributed by atoms with Crippen LogP contribution in [0, 0.1) is 0 Å². The topological polar surface area (TPSA) is 93.8 Å². The van der Waals surface area contributed by atoms with Gasteiger partial charge in [0.05, 0.1) is 0 Å². The average Bonchev–Trinajstić information content (AvgIpc) is 2.30. The Labute approximate surface area is 91.6 Å². The van der Waals surface area contributed by atoms with Gasteiger partial charge in [-0.25, -0.2) is 15.0 Å². The Morgan fingerprint density at radius 3 is 2.81 bits per heavy atom. The summed E-state index contributed by atoms with van der Waals surface area (Å²) in [6.45, 7) is 0. The number of nitrogens with one attached hydrogen (secondary N) is 1. The van der Waals surface area contributed by atoms with Crippen molar-refractivity contribution in [3.05, 3.63) is 42.5 Å². The summed E-state index contributed by atoms with van der Waals surface area (Å²) in [4.78, 5) is 22.7. The number of carbonyl (C=O) groups is 1. The van der Waals surface area contributed by atoms with E-state index in [0.29, 0.717) is 11.6 Å². The zero-order chi connectivity index (χ0) is 11.4. The molecule has 0 aromatic carbocycles. The van der Waals surface area contributed by atoms with Gasteiger partial charge in [0.1, 0.15) is 23.7 Å². The van der Waals surface area contributed by atoms with Crippen LogP contribution in [0.5, 0.6) is 0 Å². The molecule has 0 saturated carbocycles. The molecule has 0 atom stereocenters. The van der Waals surface area contributed by atoms with Crippen molar-refractivity contribution in [3.8, 4) is 0 Å². The molecular formula is C10H9N5O. The molecule has 80 valence electrons. The zero-order valence-electron chi connectivity index (χ0n) is 8.29. The van der Waals surface area contributed by atoms with Crippen molar-refractivity contribution in [1.82, 2.24) is 15.0 Å². The van der Waals surface area contributed by atoms with Crippen LogP contribution < -0.4 is 11.1 Å². The number of hydrogen-bond acceptors (Lipinski definition) is 5. The van der Waals surface area contributed by atoms with Crippen LogP contribution in [0.1, 0.15) is 10.5 Å². The van der Waals surface area contributed by atoms with E-state index in [-0.39, 0.29) is 5.69 Å². The smallest absolute Gasteiger partial charge is 0.267 e. The van der Waals surface area contributed by atoms with Crippen LogP contribution in [0.25, 0.3) is 0 Å². The van der Waals surface area contributed by atoms with Crippen molar-refractivity contribution < 1.29 is 4.79 Å². The van der Waals surface area contributed by atoms with Crippen molar-refractivity contribution in [2.45, 2.75) is 0 Å². The lowest BCUT2D eigenvalue weighted by Gasteiger charge is -2.04. The standard InChI is InChI=1S/C10H9N5O/c11-10(16)7-2-1-3-9(14-7)15-8-4-5-12-6-13-8/h1-6H,(H2,11,16)(H,12,13,14,15). The van der Waals surface area contributed by atoms with Gasteiger partial charge >= 0.3 is 0 Å². The Morgan fingerprint density at radius 2 is 2.12 bits per heavy atom. The summed E-state index contributed by atoms with van der Waals surface area (Å²) < 4.78 is 0. The predicted octanol–water partition coefficient (Wildman–Crippen LogP) is 0.714. The van der Waals surface area contributed by atoms with E-state index < -0.39 is 5.91 Å². The van der Waals surface area contributed by atoms with Crippen LogP contribution in [0.2, 0.25) is 0 Å². The van der Waals surface area contributed by atoms with Crippen LogP contribution in [0.15, 0.2) is 36.8 Å². The molecule has 0 fully saturated rings. The number of anilines is 2. The van der Waals surface area contributed by atoms with Crippen molar-refractivity contribution in [2.75, 3.05) is 5.32 Å². The molecule has 0 saturated heterocycles. The molecule has 1 amide bonds. The van der Waals surface area contributed by atoms with Gasteiger partial charge in [-0.3, -0.25) is 4.79 Å². The minimum atomic E-state index is -0.564. The first-order chi connectivity index (χ1) is 7.75. The van der Waals surface area contributed by atoms with E-state index in [1.165, 1.54) is 6.33 Å². The Hall–Kier alpha value is -2.50. The molecule has 0 aliphatic rings. The Morgan fingerprint density at radius 1 is 1.25 bits per heavy atom. The fraction of sp³-hybridized carbons (Fsp3) is 0. The maximum atomic E-state index is 10.9. The number of aromatic nitrogens is 3. The molecule has 6 heteroatoms. The second kappa shape index (κ2) is 4.35. The highest BCUT2D eigenvalue weighted by Crippen LogP contribution is 2.10. The molecule has 0 spiro atoms. The quantitative estimate of drug-likeness (QED) is 0.786. The van der Waals surface area contributed by atoms with E-state index in [2.05, 4.69) is 20.3 Å². The van der Waals surface area contributed by atoms with E-state index in [0.717, 1.165) is 0 Å². The Kier molecular flexibility index (Phi) is 2.73. The maximum absolute atomic E-state index is 10.9. The van der Waals surface area contributed by atoms with E-state index in [9.17, 15) is 4.79 Å². The molecule has 3 N–H and O–H groups in total. The molecule has 2 aromatic heterocycles. The number of amides is 1. The lowest BCUT2D eigenvalue weighted by atomic mass is 10.3. The van der Waals surface area contributed by atoms with E-state index >= 15 is 0 Å². The number of nitrogens with zero attached hydrogens (tertiary/aromatic N) is 3. The predicted molar refractivity (Wildman–Crippen MR) is 58.1 cm³/mol. The Bertz CT molecular complexity index is 500. The van der Waals surface area contributed by atoms with Gasteiger partial charge in [-0.05, 0) is 18.2 Å². The summed E-state index contributed by atoms with van der Waals surface area (Å²) in [5.41, 5.74) is 5.33. The van der Waals surface area contributed by atoms with Gasteiger partial charge in [0, 0.05) is 6.20 Å². The second-order valence-corrected chi connectivity index (χ2v) is 2.99. The van der Waals surface area contributed by atoms with Crippen LogP contribution in [-0.2, 0) is 0 Å². The first kappa shape index (κ1) is 10.0. The van der Waals surface area contributed by atoms with Crippen LogP contribution in [0.3, 0.4) is 0 Å². The van der Waals surface area contributed by atoms with Gasteiger partial charge in [-0.15, -0.1) is 0 Å². The first-order valence-corrected chi connectivity index (χ1v) is 4.55. The SMILES string of the molecule is NC(=O)c1cccc(Nc2ccncn2)n1. The molecule has 0 radical (unpaired) electrons. The number of hydrogen-bond donors (Lipinski definition) is 2. The van der Waals surface area contributed by atoms with Crippen molar-refractivity contribution in [2.24, 2.45) is 5.73 Å². The monoisotopic (exact) mass is 215 g/mol. The van der Waals surface area contributed by atoms with Gasteiger partial charge < -0.3 is 11.1 Å². The van der Waals surface area contributed by atoms with E-state index in [1.807, 2.05) is 0 Å². The minimum absolute atomic E-state index is 0.207. The largest absolute Gasteiger partial charge is 0.364 e. The molecule has 2 heterocycles. The van der Waals surface area contributed by atoms with Crippen LogP contribution >= 0.6 is 0 Å². The first-order valence-electron chi connectivity index (χ1n) is 4.55. The van der Waals surface area contributed by atoms with Crippen LogP contribution in [-0.4, -0.2) is 20.9 Å². The number of pyridine rings is 1. The molecule has 0 unspecified atom stereocenters. The number of carbonyl (C=O) groups excluding carboxylic acids is 1. The molecule has 0 bridgehead atoms. The summed E-state index contributed by atoms with van der Waals surface area (Å²) in [5, 5.41) is 2.93. The molecule has 2 aromatic rings. The number of rotatable bonds is 3. The van der Waals surface area contributed by atoms with Gasteiger partial charge in [0.2, 0.25) is 0 Å². The van der Waals surface area contributed by atoms with Crippen molar-refractivity contribution in [1.29, 1.82) is 0 Å². The highest BCUT2D eigenvalue weighted by molar-refractivity contribution is 5.91. The molecule has 0 aliphatic heterocycles. The fourth-order valence-electron chi connectivity index (χ4n) is 1.14. The third-order valence-electron chi connectivity index (χ3n) is 1.84. The summed E-state index contributed by atoms with van der Waals surface area (Å²) in [5.74, 6) is 0.547. The number of primary amides is 1. The normalized spacial score (nSPS) is 9.75. The third-order valence-corrected chi connectivity index (χ3v) is 1.84. The van der Waals surface area contributed by atoms with Gasteiger partial charge in [0.25, 0.3) is 5.91 Å². The molecule has 0 aliphatic carbocycles. The molecular weight excluding hydrogens is 206 g/mol. The third kappa shape index (κ3) is 2.30. The van der Waals surface area contributed by atoms with Crippen molar-refractivity contribution >= 4 is 17.5 Å². The average molecular weight is 215 g/mol.